The largest absolute Gasteiger partial charge is 0.482 e. The normalized spacial score (nSPS) is 11.6. The lowest BCUT2D eigenvalue weighted by Gasteiger charge is -2.13. The van der Waals surface area contributed by atoms with Crippen LogP contribution in [0.4, 0.5) is 5.82 Å². The first-order valence-corrected chi connectivity index (χ1v) is 8.62. The lowest BCUT2D eigenvalue weighted by molar-refractivity contribution is -0.155. The molecule has 0 bridgehead atoms. The molecule has 3 aromatic rings. The minimum absolute atomic E-state index is 0.296. The number of carbonyl (C=O) groups excluding carboxylic acids is 2. The zero-order valence-corrected chi connectivity index (χ0v) is 15.3. The van der Waals surface area contributed by atoms with E-state index in [1.807, 2.05) is 36.4 Å². The van der Waals surface area contributed by atoms with Gasteiger partial charge in [-0.05, 0) is 42.0 Å². The lowest BCUT2D eigenvalue weighted by atomic mass is 10.1. The highest BCUT2D eigenvalue weighted by Crippen LogP contribution is 2.20. The van der Waals surface area contributed by atoms with Gasteiger partial charge in [0, 0.05) is 6.20 Å². The number of esters is 1. The standard InChI is InChI=1S/C20H17ClN2O4/c1-13(20(25)23-18-9-7-16(21)11-22-18)27-19(24)12-26-17-8-6-14-4-2-3-5-15(14)10-17/h2-11,13H,12H2,1H3,(H,22,23,25)/t13-/m1/s1. The summed E-state index contributed by atoms with van der Waals surface area (Å²) in [6, 6.07) is 16.5. The Morgan fingerprint density at radius 2 is 1.89 bits per heavy atom. The van der Waals surface area contributed by atoms with Crippen molar-refractivity contribution in [3.05, 3.63) is 65.8 Å². The number of hydrogen-bond donors (Lipinski definition) is 1. The van der Waals surface area contributed by atoms with Gasteiger partial charge in [-0.3, -0.25) is 4.79 Å². The zero-order chi connectivity index (χ0) is 19.2. The van der Waals surface area contributed by atoms with Crippen LogP contribution in [0.2, 0.25) is 5.02 Å². The van der Waals surface area contributed by atoms with Gasteiger partial charge in [0.25, 0.3) is 5.91 Å². The molecule has 6 nitrogen and oxygen atoms in total. The van der Waals surface area contributed by atoms with Crippen molar-refractivity contribution < 1.29 is 19.1 Å². The second kappa shape index (κ2) is 8.51. The third-order valence-electron chi connectivity index (χ3n) is 3.73. The van der Waals surface area contributed by atoms with Gasteiger partial charge >= 0.3 is 5.97 Å². The van der Waals surface area contributed by atoms with E-state index in [2.05, 4.69) is 10.3 Å². The Bertz CT molecular complexity index is 960. The van der Waals surface area contributed by atoms with Crippen molar-refractivity contribution in [2.45, 2.75) is 13.0 Å². The van der Waals surface area contributed by atoms with Crippen LogP contribution in [0.1, 0.15) is 6.92 Å². The Balaban J connectivity index is 1.50. The zero-order valence-electron chi connectivity index (χ0n) is 14.5. The average Bonchev–Trinajstić information content (AvgIpc) is 2.68. The molecule has 1 amide bonds. The van der Waals surface area contributed by atoms with E-state index < -0.39 is 18.0 Å². The Morgan fingerprint density at radius 1 is 1.11 bits per heavy atom. The molecule has 0 radical (unpaired) electrons. The van der Waals surface area contributed by atoms with Gasteiger partial charge in [-0.15, -0.1) is 0 Å². The fraction of sp³-hybridized carbons (Fsp3) is 0.150. The highest BCUT2D eigenvalue weighted by molar-refractivity contribution is 6.30. The van der Waals surface area contributed by atoms with Crippen molar-refractivity contribution in [3.63, 3.8) is 0 Å². The third-order valence-corrected chi connectivity index (χ3v) is 3.96. The third kappa shape index (κ3) is 5.18. The molecule has 0 saturated heterocycles. The van der Waals surface area contributed by atoms with E-state index in [9.17, 15) is 9.59 Å². The number of amides is 1. The number of aromatic nitrogens is 1. The van der Waals surface area contributed by atoms with Crippen LogP contribution in [0.5, 0.6) is 5.75 Å². The molecule has 2 aromatic carbocycles. The van der Waals surface area contributed by atoms with Crippen LogP contribution in [0, 0.1) is 0 Å². The molecule has 0 unspecified atom stereocenters. The summed E-state index contributed by atoms with van der Waals surface area (Å²) in [5, 5.41) is 5.08. The molecular formula is C20H17ClN2O4. The van der Waals surface area contributed by atoms with E-state index in [0.717, 1.165) is 10.8 Å². The Labute approximate surface area is 161 Å². The van der Waals surface area contributed by atoms with Gasteiger partial charge in [0.15, 0.2) is 12.7 Å². The van der Waals surface area contributed by atoms with Crippen molar-refractivity contribution in [1.29, 1.82) is 0 Å². The summed E-state index contributed by atoms with van der Waals surface area (Å²) in [6.07, 6.45) is 0.417. The van der Waals surface area contributed by atoms with E-state index in [4.69, 9.17) is 21.1 Å². The first-order valence-electron chi connectivity index (χ1n) is 8.25. The second-order valence-corrected chi connectivity index (χ2v) is 6.22. The van der Waals surface area contributed by atoms with Crippen LogP contribution < -0.4 is 10.1 Å². The number of carbonyl (C=O) groups is 2. The van der Waals surface area contributed by atoms with Gasteiger partial charge < -0.3 is 14.8 Å². The molecular weight excluding hydrogens is 368 g/mol. The quantitative estimate of drug-likeness (QED) is 0.653. The maximum Gasteiger partial charge on any atom is 0.344 e. The summed E-state index contributed by atoms with van der Waals surface area (Å²) in [5.41, 5.74) is 0. The average molecular weight is 385 g/mol. The van der Waals surface area contributed by atoms with Crippen molar-refractivity contribution in [2.24, 2.45) is 0 Å². The van der Waals surface area contributed by atoms with Gasteiger partial charge in [-0.1, -0.05) is 41.9 Å². The Kier molecular flexibility index (Phi) is 5.88. The maximum atomic E-state index is 12.1. The molecule has 0 aliphatic heterocycles. The molecule has 27 heavy (non-hydrogen) atoms. The summed E-state index contributed by atoms with van der Waals surface area (Å²) in [6.45, 7) is 1.17. The van der Waals surface area contributed by atoms with Crippen LogP contribution in [0.3, 0.4) is 0 Å². The summed E-state index contributed by atoms with van der Waals surface area (Å²) in [4.78, 5) is 27.9. The number of fused-ring (bicyclic) bond motifs is 1. The molecule has 1 atom stereocenters. The SMILES string of the molecule is C[C@@H](OC(=O)COc1ccc2ccccc2c1)C(=O)Nc1ccc(Cl)cn1. The number of ether oxygens (including phenoxy) is 2. The molecule has 3 rings (SSSR count). The Hall–Kier alpha value is -3.12. The van der Waals surface area contributed by atoms with Crippen molar-refractivity contribution in [2.75, 3.05) is 11.9 Å². The molecule has 1 heterocycles. The van der Waals surface area contributed by atoms with Crippen molar-refractivity contribution in [3.8, 4) is 5.75 Å². The van der Waals surface area contributed by atoms with E-state index in [1.54, 1.807) is 18.2 Å². The summed E-state index contributed by atoms with van der Waals surface area (Å²) >= 11 is 5.74. The predicted molar refractivity (Wildman–Crippen MR) is 103 cm³/mol. The molecule has 0 aliphatic rings. The topological polar surface area (TPSA) is 77.5 Å². The summed E-state index contributed by atoms with van der Waals surface area (Å²) < 4.78 is 10.5. The van der Waals surface area contributed by atoms with Gasteiger partial charge in [-0.2, -0.15) is 0 Å². The second-order valence-electron chi connectivity index (χ2n) is 5.78. The van der Waals surface area contributed by atoms with Crippen molar-refractivity contribution in [1.82, 2.24) is 4.98 Å². The molecule has 0 aliphatic carbocycles. The molecule has 0 spiro atoms. The fourth-order valence-corrected chi connectivity index (χ4v) is 2.47. The smallest absolute Gasteiger partial charge is 0.344 e. The van der Waals surface area contributed by atoms with Gasteiger partial charge in [0.1, 0.15) is 11.6 Å². The first-order chi connectivity index (χ1) is 13.0. The number of nitrogens with zero attached hydrogens (tertiary/aromatic N) is 1. The first kappa shape index (κ1) is 18.7. The maximum absolute atomic E-state index is 12.1. The number of halogens is 1. The monoisotopic (exact) mass is 384 g/mol. The highest BCUT2D eigenvalue weighted by Gasteiger charge is 2.18. The van der Waals surface area contributed by atoms with E-state index >= 15 is 0 Å². The van der Waals surface area contributed by atoms with E-state index in [0.29, 0.717) is 16.6 Å². The van der Waals surface area contributed by atoms with Crippen molar-refractivity contribution >= 4 is 40.1 Å². The minimum atomic E-state index is -0.991. The van der Waals surface area contributed by atoms with E-state index in [-0.39, 0.29) is 6.61 Å². The van der Waals surface area contributed by atoms with Crippen LogP contribution in [-0.2, 0) is 14.3 Å². The number of hydrogen-bond acceptors (Lipinski definition) is 5. The summed E-state index contributed by atoms with van der Waals surface area (Å²) in [5.74, 6) is -0.272. The fourth-order valence-electron chi connectivity index (χ4n) is 2.36. The molecule has 1 aromatic heterocycles. The molecule has 0 fully saturated rings. The number of pyridine rings is 1. The van der Waals surface area contributed by atoms with Crippen LogP contribution in [-0.4, -0.2) is 29.6 Å². The van der Waals surface area contributed by atoms with Gasteiger partial charge in [0.2, 0.25) is 0 Å². The number of anilines is 1. The molecule has 138 valence electrons. The van der Waals surface area contributed by atoms with Crippen LogP contribution >= 0.6 is 11.6 Å². The number of rotatable bonds is 6. The Morgan fingerprint density at radius 3 is 2.63 bits per heavy atom. The molecule has 7 heteroatoms. The van der Waals surface area contributed by atoms with Crippen LogP contribution in [0.15, 0.2) is 60.8 Å². The molecule has 1 N–H and O–H groups in total. The summed E-state index contributed by atoms with van der Waals surface area (Å²) in [7, 11) is 0. The van der Waals surface area contributed by atoms with Gasteiger partial charge in [0.05, 0.1) is 5.02 Å². The van der Waals surface area contributed by atoms with Gasteiger partial charge in [-0.25, -0.2) is 9.78 Å². The lowest BCUT2D eigenvalue weighted by Crippen LogP contribution is -2.31. The highest BCUT2D eigenvalue weighted by atomic mass is 35.5. The molecule has 0 saturated carbocycles. The van der Waals surface area contributed by atoms with Crippen LogP contribution in [0.25, 0.3) is 10.8 Å². The minimum Gasteiger partial charge on any atom is -0.482 e. The number of benzene rings is 2. The van der Waals surface area contributed by atoms with E-state index in [1.165, 1.54) is 13.1 Å². The number of nitrogens with one attached hydrogen (secondary N) is 1. The predicted octanol–water partition coefficient (Wildman–Crippen LogP) is 3.84.